The van der Waals surface area contributed by atoms with Crippen LogP contribution in [0.25, 0.3) is 10.8 Å². The van der Waals surface area contributed by atoms with E-state index in [4.69, 9.17) is 8.92 Å². The first-order valence-electron chi connectivity index (χ1n) is 9.91. The van der Waals surface area contributed by atoms with Gasteiger partial charge < -0.3 is 14.2 Å². The van der Waals surface area contributed by atoms with Gasteiger partial charge in [0.05, 0.1) is 7.11 Å². The number of nitrogens with one attached hydrogen (secondary N) is 1. The van der Waals surface area contributed by atoms with Crippen molar-refractivity contribution in [2.75, 3.05) is 19.4 Å². The number of ether oxygens (including phenoxy) is 1. The highest BCUT2D eigenvalue weighted by Crippen LogP contribution is 2.32. The van der Waals surface area contributed by atoms with Crippen LogP contribution in [0.5, 0.6) is 11.5 Å². The van der Waals surface area contributed by atoms with Crippen LogP contribution in [0, 0.1) is 0 Å². The van der Waals surface area contributed by atoms with Crippen LogP contribution < -0.4 is 14.2 Å². The van der Waals surface area contributed by atoms with Crippen LogP contribution in [0.15, 0.2) is 66.7 Å². The van der Waals surface area contributed by atoms with Crippen molar-refractivity contribution in [3.05, 3.63) is 72.3 Å². The quantitative estimate of drug-likeness (QED) is 0.435. The molecule has 1 aliphatic heterocycles. The molecule has 3 aromatic carbocycles. The van der Waals surface area contributed by atoms with Crippen LogP contribution in [0.4, 0.5) is 4.79 Å². The van der Waals surface area contributed by atoms with Gasteiger partial charge in [-0.2, -0.15) is 8.42 Å². The molecule has 32 heavy (non-hydrogen) atoms. The van der Waals surface area contributed by atoms with Gasteiger partial charge in [0.15, 0.2) is 0 Å². The van der Waals surface area contributed by atoms with Crippen molar-refractivity contribution in [2.45, 2.75) is 12.5 Å². The Morgan fingerprint density at radius 3 is 2.34 bits per heavy atom. The number of methoxy groups -OCH3 is 1. The fourth-order valence-electron chi connectivity index (χ4n) is 3.62. The third kappa shape index (κ3) is 4.11. The third-order valence-electron chi connectivity index (χ3n) is 5.43. The zero-order chi connectivity index (χ0) is 22.9. The molecule has 0 aliphatic carbocycles. The minimum Gasteiger partial charge on any atom is -0.497 e. The lowest BCUT2D eigenvalue weighted by atomic mass is 9.90. The maximum absolute atomic E-state index is 13.1. The number of amides is 3. The maximum Gasteiger partial charge on any atom is 0.325 e. The fraction of sp³-hybridized carbons (Fsp3) is 0.217. The average Bonchev–Trinajstić information content (AvgIpc) is 3.00. The van der Waals surface area contributed by atoms with Gasteiger partial charge in [-0.15, -0.1) is 0 Å². The molecule has 1 N–H and O–H groups in total. The number of imide groups is 1. The number of benzene rings is 3. The first-order valence-corrected chi connectivity index (χ1v) is 11.5. The van der Waals surface area contributed by atoms with E-state index in [9.17, 15) is 18.0 Å². The molecule has 1 saturated heterocycles. The summed E-state index contributed by atoms with van der Waals surface area (Å²) in [5, 5.41) is 4.50. The summed E-state index contributed by atoms with van der Waals surface area (Å²) in [6.45, 7) is 1.28. The monoisotopic (exact) mass is 454 g/mol. The average molecular weight is 455 g/mol. The Morgan fingerprint density at radius 1 is 0.938 bits per heavy atom. The molecule has 166 valence electrons. The predicted molar refractivity (Wildman–Crippen MR) is 119 cm³/mol. The lowest BCUT2D eigenvalue weighted by Gasteiger charge is -2.23. The van der Waals surface area contributed by atoms with Gasteiger partial charge >= 0.3 is 16.1 Å². The van der Waals surface area contributed by atoms with Crippen molar-refractivity contribution in [1.29, 1.82) is 0 Å². The molecule has 1 atom stereocenters. The lowest BCUT2D eigenvalue weighted by molar-refractivity contribution is -0.130. The van der Waals surface area contributed by atoms with Crippen molar-refractivity contribution in [1.82, 2.24) is 10.2 Å². The largest absolute Gasteiger partial charge is 0.497 e. The Bertz CT molecular complexity index is 1290. The summed E-state index contributed by atoms with van der Waals surface area (Å²) < 4.78 is 34.9. The fourth-order valence-corrected chi connectivity index (χ4v) is 4.52. The minimum atomic E-state index is -3.99. The zero-order valence-corrected chi connectivity index (χ0v) is 18.4. The highest BCUT2D eigenvalue weighted by atomic mass is 32.2. The molecule has 9 heteroatoms. The first kappa shape index (κ1) is 21.6. The molecule has 3 aromatic rings. The molecular formula is C23H22N2O6S. The summed E-state index contributed by atoms with van der Waals surface area (Å²) >= 11 is 0. The molecular weight excluding hydrogens is 432 g/mol. The normalized spacial score (nSPS) is 18.6. The number of urea groups is 1. The maximum atomic E-state index is 13.1. The number of hydrogen-bond acceptors (Lipinski definition) is 6. The lowest BCUT2D eigenvalue weighted by Crippen LogP contribution is -2.41. The van der Waals surface area contributed by atoms with Gasteiger partial charge in [-0.1, -0.05) is 36.4 Å². The highest BCUT2D eigenvalue weighted by molar-refractivity contribution is 7.87. The molecule has 1 heterocycles. The zero-order valence-electron chi connectivity index (χ0n) is 17.6. The van der Waals surface area contributed by atoms with E-state index in [0.29, 0.717) is 11.3 Å². The molecule has 1 aliphatic rings. The summed E-state index contributed by atoms with van der Waals surface area (Å²) in [6, 6.07) is 18.4. The van der Waals surface area contributed by atoms with E-state index in [1.54, 1.807) is 38.3 Å². The molecule has 0 bridgehead atoms. The molecule has 0 saturated carbocycles. The molecule has 0 aromatic heterocycles. The van der Waals surface area contributed by atoms with Gasteiger partial charge in [-0.3, -0.25) is 9.69 Å². The molecule has 1 fully saturated rings. The number of nitrogens with zero attached hydrogens (tertiary/aromatic N) is 1. The standard InChI is InChI=1S/C23H22N2O6S/c1-23(18-10-8-17-15-20(30-2)11-9-16(17)14-18)21(26)25(22(27)24-23)12-13-32(28,29)31-19-6-4-3-5-7-19/h3-11,14-15H,12-13H2,1-2H3,(H,24,27). The number of fused-ring (bicyclic) bond motifs is 1. The van der Waals surface area contributed by atoms with Gasteiger partial charge in [0.25, 0.3) is 5.91 Å². The Kier molecular flexibility index (Phi) is 5.52. The van der Waals surface area contributed by atoms with E-state index >= 15 is 0 Å². The summed E-state index contributed by atoms with van der Waals surface area (Å²) in [6.07, 6.45) is 0. The third-order valence-corrected chi connectivity index (χ3v) is 6.56. The molecule has 3 amide bonds. The molecule has 4 rings (SSSR count). The van der Waals surface area contributed by atoms with Gasteiger partial charge in [-0.05, 0) is 53.6 Å². The van der Waals surface area contributed by atoms with Crippen molar-refractivity contribution in [2.24, 2.45) is 0 Å². The minimum absolute atomic E-state index is 0.169. The van der Waals surface area contributed by atoms with E-state index in [-0.39, 0.29) is 12.3 Å². The summed E-state index contributed by atoms with van der Waals surface area (Å²) in [5.74, 6) is -0.159. The van der Waals surface area contributed by atoms with Crippen LogP contribution in [-0.2, 0) is 20.5 Å². The van der Waals surface area contributed by atoms with E-state index < -0.39 is 33.3 Å². The smallest absolute Gasteiger partial charge is 0.325 e. The van der Waals surface area contributed by atoms with Crippen molar-refractivity contribution in [3.8, 4) is 11.5 Å². The number of rotatable bonds is 7. The van der Waals surface area contributed by atoms with Crippen molar-refractivity contribution >= 4 is 32.8 Å². The summed E-state index contributed by atoms with van der Waals surface area (Å²) in [4.78, 5) is 26.6. The molecule has 8 nitrogen and oxygen atoms in total. The van der Waals surface area contributed by atoms with Crippen molar-refractivity contribution < 1.29 is 26.9 Å². The highest BCUT2D eigenvalue weighted by Gasteiger charge is 2.49. The Balaban J connectivity index is 1.52. The number of carbonyl (C=O) groups excluding carboxylic acids is 2. The van der Waals surface area contributed by atoms with Gasteiger partial charge in [-0.25, -0.2) is 4.79 Å². The van der Waals surface area contributed by atoms with Gasteiger partial charge in [0, 0.05) is 6.54 Å². The van der Waals surface area contributed by atoms with E-state index in [1.807, 2.05) is 30.3 Å². The first-order chi connectivity index (χ1) is 15.2. The second kappa shape index (κ2) is 8.16. The van der Waals surface area contributed by atoms with Gasteiger partial charge in [0.2, 0.25) is 0 Å². The van der Waals surface area contributed by atoms with Crippen LogP contribution in [-0.4, -0.2) is 44.7 Å². The SMILES string of the molecule is COc1ccc2cc(C3(C)NC(=O)N(CCS(=O)(=O)Oc4ccccc4)C3=O)ccc2c1. The van der Waals surface area contributed by atoms with E-state index in [1.165, 1.54) is 12.1 Å². The van der Waals surface area contributed by atoms with Crippen LogP contribution in [0.2, 0.25) is 0 Å². The van der Waals surface area contributed by atoms with Crippen LogP contribution in [0.3, 0.4) is 0 Å². The van der Waals surface area contributed by atoms with Crippen LogP contribution in [0.1, 0.15) is 12.5 Å². The molecule has 1 unspecified atom stereocenters. The Labute approximate surface area is 185 Å². The molecule has 0 spiro atoms. The Hall–Kier alpha value is -3.59. The number of hydrogen-bond donors (Lipinski definition) is 1. The van der Waals surface area contributed by atoms with Crippen LogP contribution >= 0.6 is 0 Å². The second-order valence-corrected chi connectivity index (χ2v) is 9.29. The Morgan fingerprint density at radius 2 is 1.62 bits per heavy atom. The van der Waals surface area contributed by atoms with Crippen molar-refractivity contribution in [3.63, 3.8) is 0 Å². The molecule has 0 radical (unpaired) electrons. The second-order valence-electron chi connectivity index (χ2n) is 7.60. The topological polar surface area (TPSA) is 102 Å². The number of para-hydroxylation sites is 1. The predicted octanol–water partition coefficient (Wildman–Crippen LogP) is 3.02. The van der Waals surface area contributed by atoms with E-state index in [0.717, 1.165) is 15.7 Å². The number of carbonyl (C=O) groups is 2. The van der Waals surface area contributed by atoms with E-state index in [2.05, 4.69) is 5.32 Å². The summed E-state index contributed by atoms with van der Waals surface area (Å²) in [5.41, 5.74) is -0.714. The van der Waals surface area contributed by atoms with Gasteiger partial charge in [0.1, 0.15) is 22.8 Å². The summed E-state index contributed by atoms with van der Waals surface area (Å²) in [7, 11) is -2.41.